The Hall–Kier alpha value is -2.49. The highest BCUT2D eigenvalue weighted by Crippen LogP contribution is 2.38. The van der Waals surface area contributed by atoms with Gasteiger partial charge in [0.05, 0.1) is 11.2 Å². The number of aromatic carboxylic acids is 1. The lowest BCUT2D eigenvalue weighted by molar-refractivity contribution is -0.274. The number of alkyl halides is 3. The van der Waals surface area contributed by atoms with Crippen molar-refractivity contribution in [3.05, 3.63) is 46.2 Å². The van der Waals surface area contributed by atoms with Crippen LogP contribution in [0.3, 0.4) is 0 Å². The first-order valence-electron chi connectivity index (χ1n) is 7.74. The molecule has 0 bridgehead atoms. The van der Waals surface area contributed by atoms with E-state index in [0.29, 0.717) is 6.07 Å². The minimum atomic E-state index is -5.05. The van der Waals surface area contributed by atoms with Crippen LogP contribution in [-0.4, -0.2) is 24.5 Å². The summed E-state index contributed by atoms with van der Waals surface area (Å²) >= 11 is 2.94. The van der Waals surface area contributed by atoms with Crippen molar-refractivity contribution in [3.63, 3.8) is 0 Å². The molecule has 0 radical (unpaired) electrons. The predicted octanol–water partition coefficient (Wildman–Crippen LogP) is 4.99. The van der Waals surface area contributed by atoms with Gasteiger partial charge in [0.2, 0.25) is 0 Å². The van der Waals surface area contributed by atoms with Crippen LogP contribution in [0.2, 0.25) is 0 Å². The predicted molar refractivity (Wildman–Crippen MR) is 80.8 cm³/mol. The third-order valence-electron chi connectivity index (χ3n) is 2.71. The quantitative estimate of drug-likeness (QED) is 0.681. The molecule has 5 nitrogen and oxygen atoms in total. The maximum Gasteiger partial charge on any atom is 0.573 e. The smallest absolute Gasteiger partial charge is 0.493 e. The zero-order chi connectivity index (χ0) is 21.3. The molecule has 0 atom stereocenters. The number of rotatable bonds is 5. The lowest BCUT2D eigenvalue weighted by Gasteiger charge is -2.15. The molecule has 0 spiro atoms. The third-order valence-corrected chi connectivity index (χ3v) is 3.17. The lowest BCUT2D eigenvalue weighted by atomic mass is 10.2. The van der Waals surface area contributed by atoms with E-state index in [-0.39, 0.29) is 4.47 Å². The maximum atomic E-state index is 13.9. The summed E-state index contributed by atoms with van der Waals surface area (Å²) in [5, 5.41) is 9.14. The van der Waals surface area contributed by atoms with Crippen LogP contribution in [-0.2, 0) is 0 Å². The molecule has 25 heavy (non-hydrogen) atoms. The standard InChI is InChI=1S/C15H9BrF4O5/c1-23-11-6-8(25-15(18,19)20)2-3-10(11)24-12-5-7(16)4-9(17)13(12)14(21)22/h2-6H,1H3,(H,21,22)/i1D3. The van der Waals surface area contributed by atoms with E-state index < -0.39 is 53.7 Å². The zero-order valence-corrected chi connectivity index (χ0v) is 13.4. The largest absolute Gasteiger partial charge is 0.573 e. The fraction of sp³-hybridized carbons (Fsp3) is 0.133. The summed E-state index contributed by atoms with van der Waals surface area (Å²) in [6.45, 7) is 0. The summed E-state index contributed by atoms with van der Waals surface area (Å²) < 4.78 is 86.0. The topological polar surface area (TPSA) is 65.0 Å². The van der Waals surface area contributed by atoms with E-state index >= 15 is 0 Å². The van der Waals surface area contributed by atoms with Crippen molar-refractivity contribution in [3.8, 4) is 23.0 Å². The molecule has 0 fully saturated rings. The van der Waals surface area contributed by atoms with Crippen LogP contribution in [0.25, 0.3) is 0 Å². The van der Waals surface area contributed by atoms with Crippen molar-refractivity contribution in [1.29, 1.82) is 0 Å². The average Bonchev–Trinajstić information content (AvgIpc) is 2.45. The Kier molecular flexibility index (Phi) is 4.25. The Balaban J connectivity index is 2.52. The van der Waals surface area contributed by atoms with E-state index in [0.717, 1.165) is 24.3 Å². The van der Waals surface area contributed by atoms with Gasteiger partial charge in [-0.25, -0.2) is 9.18 Å². The Morgan fingerprint density at radius 1 is 1.20 bits per heavy atom. The van der Waals surface area contributed by atoms with Gasteiger partial charge in [0, 0.05) is 10.5 Å². The molecule has 0 saturated carbocycles. The van der Waals surface area contributed by atoms with E-state index in [2.05, 4.69) is 25.4 Å². The highest BCUT2D eigenvalue weighted by molar-refractivity contribution is 9.10. The van der Waals surface area contributed by atoms with Gasteiger partial charge in [0.15, 0.2) is 11.5 Å². The molecule has 2 rings (SSSR count). The van der Waals surface area contributed by atoms with E-state index in [1.165, 1.54) is 0 Å². The number of halogens is 5. The van der Waals surface area contributed by atoms with Gasteiger partial charge in [-0.05, 0) is 24.3 Å². The molecule has 1 N–H and O–H groups in total. The van der Waals surface area contributed by atoms with Crippen molar-refractivity contribution in [2.24, 2.45) is 0 Å². The summed E-state index contributed by atoms with van der Waals surface area (Å²) in [5.41, 5.74) is -0.876. The summed E-state index contributed by atoms with van der Waals surface area (Å²) in [5.74, 6) is -5.39. The molecule has 0 amide bonds. The molecular formula is C15H9BrF4O5. The van der Waals surface area contributed by atoms with E-state index in [9.17, 15) is 22.4 Å². The number of benzene rings is 2. The summed E-state index contributed by atoms with van der Waals surface area (Å²) in [6.07, 6.45) is -5.05. The van der Waals surface area contributed by atoms with Gasteiger partial charge in [0.1, 0.15) is 22.9 Å². The number of ether oxygens (including phenoxy) is 3. The van der Waals surface area contributed by atoms with Crippen LogP contribution in [0, 0.1) is 5.82 Å². The van der Waals surface area contributed by atoms with Crippen molar-refractivity contribution >= 4 is 21.9 Å². The van der Waals surface area contributed by atoms with Gasteiger partial charge in [-0.2, -0.15) is 0 Å². The Morgan fingerprint density at radius 3 is 2.52 bits per heavy atom. The highest BCUT2D eigenvalue weighted by Gasteiger charge is 2.31. The van der Waals surface area contributed by atoms with Gasteiger partial charge in [-0.1, -0.05) is 15.9 Å². The summed E-state index contributed by atoms with van der Waals surface area (Å²) in [6, 6.07) is 4.16. The Labute approximate surface area is 151 Å². The first-order valence-corrected chi connectivity index (χ1v) is 7.03. The number of hydrogen-bond donors (Lipinski definition) is 1. The van der Waals surface area contributed by atoms with Crippen LogP contribution < -0.4 is 14.2 Å². The van der Waals surface area contributed by atoms with Gasteiger partial charge in [-0.15, -0.1) is 13.2 Å². The van der Waals surface area contributed by atoms with Crippen molar-refractivity contribution in [2.75, 3.05) is 7.04 Å². The lowest BCUT2D eigenvalue weighted by Crippen LogP contribution is -2.17. The first-order chi connectivity index (χ1) is 12.7. The molecule has 0 aliphatic rings. The molecule has 0 aliphatic carbocycles. The normalized spacial score (nSPS) is 13.4. The Bertz CT molecular complexity index is 902. The van der Waals surface area contributed by atoms with E-state index in [1.807, 2.05) is 0 Å². The molecule has 134 valence electrons. The minimum Gasteiger partial charge on any atom is -0.493 e. The second-order valence-corrected chi connectivity index (χ2v) is 5.34. The van der Waals surface area contributed by atoms with Crippen LogP contribution in [0.1, 0.15) is 14.5 Å². The molecular weight excluding hydrogens is 416 g/mol. The molecule has 2 aromatic carbocycles. The number of carboxylic acid groups (broad SMARTS) is 1. The van der Waals surface area contributed by atoms with E-state index in [4.69, 9.17) is 14.0 Å². The molecule has 0 saturated heterocycles. The number of methoxy groups -OCH3 is 1. The Morgan fingerprint density at radius 2 is 1.92 bits per heavy atom. The average molecular weight is 428 g/mol. The molecule has 0 heterocycles. The van der Waals surface area contributed by atoms with Gasteiger partial charge in [0.25, 0.3) is 0 Å². The van der Waals surface area contributed by atoms with Crippen molar-refractivity contribution in [1.82, 2.24) is 0 Å². The van der Waals surface area contributed by atoms with Crippen LogP contribution in [0.4, 0.5) is 17.6 Å². The highest BCUT2D eigenvalue weighted by atomic mass is 79.9. The fourth-order valence-electron chi connectivity index (χ4n) is 1.81. The van der Waals surface area contributed by atoms with Crippen molar-refractivity contribution < 1.29 is 45.8 Å². The monoisotopic (exact) mass is 427 g/mol. The molecule has 0 aromatic heterocycles. The zero-order valence-electron chi connectivity index (χ0n) is 14.9. The number of carbonyl (C=O) groups is 1. The van der Waals surface area contributed by atoms with Crippen LogP contribution in [0.15, 0.2) is 34.8 Å². The van der Waals surface area contributed by atoms with Gasteiger partial charge < -0.3 is 19.3 Å². The number of carboxylic acids is 1. The van der Waals surface area contributed by atoms with Gasteiger partial charge >= 0.3 is 12.3 Å². The fourth-order valence-corrected chi connectivity index (χ4v) is 2.21. The van der Waals surface area contributed by atoms with Crippen molar-refractivity contribution in [2.45, 2.75) is 6.36 Å². The molecule has 0 unspecified atom stereocenters. The second-order valence-electron chi connectivity index (χ2n) is 4.43. The molecule has 10 heteroatoms. The first kappa shape index (κ1) is 14.8. The minimum absolute atomic E-state index is 0.0975. The molecule has 0 aliphatic heterocycles. The number of hydrogen-bond acceptors (Lipinski definition) is 4. The SMILES string of the molecule is [2H]C([2H])([2H])Oc1cc(OC(F)(F)F)ccc1Oc1cc(Br)cc(F)c1C(=O)O. The van der Waals surface area contributed by atoms with Crippen LogP contribution >= 0.6 is 15.9 Å². The summed E-state index contributed by atoms with van der Waals surface area (Å²) in [4.78, 5) is 11.3. The van der Waals surface area contributed by atoms with Crippen LogP contribution in [0.5, 0.6) is 23.0 Å². The van der Waals surface area contributed by atoms with E-state index in [1.54, 1.807) is 0 Å². The third kappa shape index (κ3) is 4.75. The molecule has 2 aromatic rings. The van der Waals surface area contributed by atoms with Gasteiger partial charge in [-0.3, -0.25) is 0 Å². The summed E-state index contributed by atoms with van der Waals surface area (Å²) in [7, 11) is -3.08. The maximum absolute atomic E-state index is 13.9. The second kappa shape index (κ2) is 7.18.